The zero-order chi connectivity index (χ0) is 18.3. The summed E-state index contributed by atoms with van der Waals surface area (Å²) in [6.45, 7) is 0. The molecule has 4 aromatic rings. The van der Waals surface area contributed by atoms with Crippen LogP contribution in [0.2, 0.25) is 0 Å². The molecule has 2 aromatic heterocycles. The molecule has 2 aromatic carbocycles. The van der Waals surface area contributed by atoms with Crippen LogP contribution in [-0.4, -0.2) is 24.9 Å². The number of pyridine rings is 1. The van der Waals surface area contributed by atoms with Crippen molar-refractivity contribution in [1.82, 2.24) is 9.55 Å². The molecule has 0 radical (unpaired) electrons. The number of thiazole rings is 1. The van der Waals surface area contributed by atoms with Gasteiger partial charge in [0.05, 0.1) is 16.9 Å². The third-order valence-corrected chi connectivity index (χ3v) is 5.09. The Kier molecular flexibility index (Phi) is 3.85. The number of aromatic nitrogens is 2. The lowest BCUT2D eigenvalue weighted by atomic mass is 10.1. The highest BCUT2D eigenvalue weighted by Crippen LogP contribution is 2.42. The topological polar surface area (TPSA) is 90.9 Å². The molecule has 130 valence electrons. The number of hydrogen-bond acceptors (Lipinski definition) is 6. The lowest BCUT2D eigenvalue weighted by Gasteiger charge is -2.08. The van der Waals surface area contributed by atoms with E-state index in [0.29, 0.717) is 11.3 Å². The third kappa shape index (κ3) is 2.58. The molecule has 0 unspecified atom stereocenters. The molecule has 26 heavy (non-hydrogen) atoms. The Balaban J connectivity index is 1.88. The van der Waals surface area contributed by atoms with Gasteiger partial charge in [0.2, 0.25) is 5.75 Å². The first kappa shape index (κ1) is 16.2. The fourth-order valence-electron chi connectivity index (χ4n) is 2.78. The van der Waals surface area contributed by atoms with E-state index in [9.17, 15) is 15.3 Å². The summed E-state index contributed by atoms with van der Waals surface area (Å²) in [6, 6.07) is 12.5. The Morgan fingerprint density at radius 1 is 1.00 bits per heavy atom. The maximum absolute atomic E-state index is 10.1. The van der Waals surface area contributed by atoms with Gasteiger partial charge >= 0.3 is 0 Å². The molecule has 0 aliphatic heterocycles. The molecule has 4 rings (SSSR count). The van der Waals surface area contributed by atoms with E-state index in [1.807, 2.05) is 47.3 Å². The van der Waals surface area contributed by atoms with E-state index in [-0.39, 0.29) is 11.5 Å². The van der Waals surface area contributed by atoms with Crippen LogP contribution < -0.4 is 4.80 Å². The van der Waals surface area contributed by atoms with Crippen molar-refractivity contribution in [1.29, 1.82) is 0 Å². The van der Waals surface area contributed by atoms with Gasteiger partial charge in [-0.1, -0.05) is 6.07 Å². The molecule has 2 heterocycles. The van der Waals surface area contributed by atoms with E-state index >= 15 is 0 Å². The summed E-state index contributed by atoms with van der Waals surface area (Å²) in [4.78, 5) is 9.80. The standard InChI is InChI=1S/C19H15N3O3S/c1-22-15(12-7-8-16(23)18(25)17(12)24)10-26-19(22)21-14-6-2-5-13-11(14)4-3-9-20-13/h2-10,23-25H,1H3. The molecule has 7 heteroatoms. The van der Waals surface area contributed by atoms with Crippen LogP contribution in [0.4, 0.5) is 5.69 Å². The number of fused-ring (bicyclic) bond motifs is 1. The minimum absolute atomic E-state index is 0.362. The first-order valence-corrected chi connectivity index (χ1v) is 8.71. The second-order valence-corrected chi connectivity index (χ2v) is 6.59. The monoisotopic (exact) mass is 365 g/mol. The summed E-state index contributed by atoms with van der Waals surface area (Å²) in [5.74, 6) is -1.26. The lowest BCUT2D eigenvalue weighted by molar-refractivity contribution is 0.369. The number of hydrogen-bond donors (Lipinski definition) is 3. The van der Waals surface area contributed by atoms with Crippen LogP contribution >= 0.6 is 11.3 Å². The number of benzene rings is 2. The maximum atomic E-state index is 10.1. The molecule has 0 bridgehead atoms. The summed E-state index contributed by atoms with van der Waals surface area (Å²) in [5.41, 5.74) is 2.77. The van der Waals surface area contributed by atoms with E-state index in [1.165, 1.54) is 17.4 Å². The summed E-state index contributed by atoms with van der Waals surface area (Å²) in [7, 11) is 1.83. The Morgan fingerprint density at radius 2 is 1.85 bits per heavy atom. The molecule has 0 spiro atoms. The van der Waals surface area contributed by atoms with Crippen LogP contribution in [0.25, 0.3) is 22.2 Å². The van der Waals surface area contributed by atoms with Crippen molar-refractivity contribution in [2.75, 3.05) is 0 Å². The largest absolute Gasteiger partial charge is 0.504 e. The number of phenols is 3. The lowest BCUT2D eigenvalue weighted by Crippen LogP contribution is -2.10. The number of aromatic hydroxyl groups is 3. The van der Waals surface area contributed by atoms with Crippen LogP contribution in [0.1, 0.15) is 0 Å². The zero-order valence-electron chi connectivity index (χ0n) is 13.8. The normalized spacial score (nSPS) is 12.0. The van der Waals surface area contributed by atoms with Crippen LogP contribution in [0, 0.1) is 0 Å². The van der Waals surface area contributed by atoms with Gasteiger partial charge in [0, 0.05) is 29.6 Å². The maximum Gasteiger partial charge on any atom is 0.200 e. The summed E-state index contributed by atoms with van der Waals surface area (Å²) in [6.07, 6.45) is 1.75. The first-order valence-electron chi connectivity index (χ1n) is 7.83. The van der Waals surface area contributed by atoms with Gasteiger partial charge in [-0.2, -0.15) is 0 Å². The summed E-state index contributed by atoms with van der Waals surface area (Å²) < 4.78 is 1.82. The van der Waals surface area contributed by atoms with Crippen molar-refractivity contribution in [3.05, 3.63) is 58.8 Å². The van der Waals surface area contributed by atoms with Gasteiger partial charge in [-0.05, 0) is 36.4 Å². The molecule has 0 saturated heterocycles. The van der Waals surface area contributed by atoms with Gasteiger partial charge in [-0.25, -0.2) is 4.99 Å². The average Bonchev–Trinajstić information content (AvgIpc) is 3.01. The van der Waals surface area contributed by atoms with E-state index in [1.54, 1.807) is 12.3 Å². The number of nitrogens with zero attached hydrogens (tertiary/aromatic N) is 3. The fraction of sp³-hybridized carbons (Fsp3) is 0.0526. The predicted molar refractivity (Wildman–Crippen MR) is 101 cm³/mol. The molecule has 0 atom stereocenters. The van der Waals surface area contributed by atoms with Gasteiger partial charge in [0.15, 0.2) is 16.3 Å². The summed E-state index contributed by atoms with van der Waals surface area (Å²) >= 11 is 1.41. The second kappa shape index (κ2) is 6.20. The number of phenolic OH excluding ortho intramolecular Hbond substituents is 3. The van der Waals surface area contributed by atoms with E-state index in [0.717, 1.165) is 21.4 Å². The van der Waals surface area contributed by atoms with Crippen molar-refractivity contribution < 1.29 is 15.3 Å². The van der Waals surface area contributed by atoms with Gasteiger partial charge in [-0.3, -0.25) is 4.98 Å². The number of rotatable bonds is 2. The molecule has 0 amide bonds. The van der Waals surface area contributed by atoms with Gasteiger partial charge in [-0.15, -0.1) is 11.3 Å². The Hall–Kier alpha value is -3.32. The highest BCUT2D eigenvalue weighted by atomic mass is 32.1. The molecule has 0 saturated carbocycles. The minimum atomic E-state index is -0.535. The smallest absolute Gasteiger partial charge is 0.200 e. The predicted octanol–water partition coefficient (Wildman–Crippen LogP) is 3.65. The first-order chi connectivity index (χ1) is 12.6. The average molecular weight is 365 g/mol. The van der Waals surface area contributed by atoms with Crippen LogP contribution in [-0.2, 0) is 7.05 Å². The third-order valence-electron chi connectivity index (χ3n) is 4.17. The highest BCUT2D eigenvalue weighted by molar-refractivity contribution is 7.07. The quantitative estimate of drug-likeness (QED) is 0.473. The van der Waals surface area contributed by atoms with Crippen LogP contribution in [0.3, 0.4) is 0 Å². The Bertz CT molecular complexity index is 1190. The van der Waals surface area contributed by atoms with E-state index < -0.39 is 5.75 Å². The Labute approximate surface area is 152 Å². The highest BCUT2D eigenvalue weighted by Gasteiger charge is 2.15. The van der Waals surface area contributed by atoms with Crippen LogP contribution in [0.5, 0.6) is 17.2 Å². The molecule has 0 aliphatic carbocycles. The second-order valence-electron chi connectivity index (χ2n) is 5.75. The van der Waals surface area contributed by atoms with E-state index in [2.05, 4.69) is 4.98 Å². The van der Waals surface area contributed by atoms with Crippen molar-refractivity contribution in [3.63, 3.8) is 0 Å². The van der Waals surface area contributed by atoms with Crippen molar-refractivity contribution in [2.45, 2.75) is 0 Å². The van der Waals surface area contributed by atoms with Crippen molar-refractivity contribution in [3.8, 4) is 28.5 Å². The van der Waals surface area contributed by atoms with Gasteiger partial charge < -0.3 is 19.9 Å². The van der Waals surface area contributed by atoms with Crippen molar-refractivity contribution >= 4 is 27.9 Å². The minimum Gasteiger partial charge on any atom is -0.504 e. The molecular formula is C19H15N3O3S. The molecule has 6 nitrogen and oxygen atoms in total. The van der Waals surface area contributed by atoms with Gasteiger partial charge in [0.25, 0.3) is 0 Å². The van der Waals surface area contributed by atoms with Gasteiger partial charge in [0.1, 0.15) is 0 Å². The van der Waals surface area contributed by atoms with Crippen molar-refractivity contribution in [2.24, 2.45) is 12.0 Å². The SMILES string of the molecule is Cn1c(-c2ccc(O)c(O)c2O)csc1=Nc1cccc2ncccc12. The Morgan fingerprint density at radius 3 is 2.69 bits per heavy atom. The molecular weight excluding hydrogens is 350 g/mol. The molecule has 0 aliphatic rings. The zero-order valence-corrected chi connectivity index (χ0v) is 14.6. The summed E-state index contributed by atoms with van der Waals surface area (Å²) in [5, 5.41) is 32.2. The molecule has 3 N–H and O–H groups in total. The van der Waals surface area contributed by atoms with E-state index in [4.69, 9.17) is 4.99 Å². The molecule has 0 fully saturated rings. The van der Waals surface area contributed by atoms with Crippen LogP contribution in [0.15, 0.2) is 59.0 Å². The fourth-order valence-corrected chi connectivity index (χ4v) is 3.69.